The van der Waals surface area contributed by atoms with E-state index in [4.69, 9.17) is 12.2 Å². The predicted octanol–water partition coefficient (Wildman–Crippen LogP) is 11.2. The zero-order valence-corrected chi connectivity index (χ0v) is 28.2. The average Bonchev–Trinajstić information content (AvgIpc) is 3.32. The number of benzene rings is 8. The lowest BCUT2D eigenvalue weighted by Gasteiger charge is -2.40. The van der Waals surface area contributed by atoms with Gasteiger partial charge in [-0.3, -0.25) is 4.90 Å². The lowest BCUT2D eigenvalue weighted by Crippen LogP contribution is -2.53. The molecule has 1 fully saturated rings. The van der Waals surface area contributed by atoms with Crippen LogP contribution in [0, 0.1) is 0 Å². The molecular formula is C45H37N3S. The smallest absolute Gasteiger partial charge is 0.171 e. The highest BCUT2D eigenvalue weighted by molar-refractivity contribution is 7.80. The van der Waals surface area contributed by atoms with E-state index in [1.54, 1.807) is 0 Å². The first-order valence-electron chi connectivity index (χ1n) is 17.7. The van der Waals surface area contributed by atoms with Gasteiger partial charge in [0.2, 0.25) is 0 Å². The van der Waals surface area contributed by atoms with Gasteiger partial charge in [0.15, 0.2) is 5.11 Å². The Hall–Kier alpha value is -5.03. The van der Waals surface area contributed by atoms with Crippen molar-refractivity contribution < 1.29 is 0 Å². The summed E-state index contributed by atoms with van der Waals surface area (Å²) in [5, 5.41) is 21.2. The predicted molar refractivity (Wildman–Crippen MR) is 212 cm³/mol. The van der Waals surface area contributed by atoms with Gasteiger partial charge in [-0.15, -0.1) is 0 Å². The van der Waals surface area contributed by atoms with Crippen LogP contribution in [0.4, 0.5) is 5.69 Å². The van der Waals surface area contributed by atoms with Gasteiger partial charge in [0.25, 0.3) is 0 Å². The third-order valence-corrected chi connectivity index (χ3v) is 11.5. The highest BCUT2D eigenvalue weighted by Gasteiger charge is 2.34. The zero-order chi connectivity index (χ0) is 32.5. The number of fused-ring (bicyclic) bond motifs is 7. The molecule has 1 heterocycles. The molecule has 0 spiro atoms. The number of nitrogens with one attached hydrogen (secondary N) is 2. The van der Waals surface area contributed by atoms with Crippen LogP contribution in [0.25, 0.3) is 65.0 Å². The fraction of sp³-hybridized carbons (Fsp3) is 0.178. The first-order valence-corrected chi connectivity index (χ1v) is 18.1. The molecule has 1 aliphatic heterocycles. The van der Waals surface area contributed by atoms with Gasteiger partial charge in [-0.1, -0.05) is 134 Å². The van der Waals surface area contributed by atoms with Crippen LogP contribution in [0.3, 0.4) is 0 Å². The summed E-state index contributed by atoms with van der Waals surface area (Å²) in [6, 6.07) is 47.7. The van der Waals surface area contributed by atoms with E-state index in [1.165, 1.54) is 89.0 Å². The van der Waals surface area contributed by atoms with Gasteiger partial charge in [-0.05, 0) is 102 Å². The van der Waals surface area contributed by atoms with Crippen LogP contribution in [0.15, 0.2) is 127 Å². The Balaban J connectivity index is 0.998. The summed E-state index contributed by atoms with van der Waals surface area (Å²) in [6.07, 6.45) is 4.72. The number of anilines is 1. The largest absolute Gasteiger partial charge is 0.358 e. The first kappa shape index (κ1) is 28.9. The van der Waals surface area contributed by atoms with Crippen molar-refractivity contribution in [3.63, 3.8) is 0 Å². The van der Waals surface area contributed by atoms with Gasteiger partial charge in [0, 0.05) is 36.2 Å². The van der Waals surface area contributed by atoms with Crippen molar-refractivity contribution in [2.24, 2.45) is 0 Å². The summed E-state index contributed by atoms with van der Waals surface area (Å²) < 4.78 is 0. The molecule has 1 saturated carbocycles. The van der Waals surface area contributed by atoms with Crippen molar-refractivity contribution in [2.45, 2.75) is 50.9 Å². The molecule has 2 aliphatic rings. The highest BCUT2D eigenvalue weighted by Crippen LogP contribution is 2.43. The second-order valence-corrected chi connectivity index (χ2v) is 14.5. The zero-order valence-electron chi connectivity index (χ0n) is 27.4. The van der Waals surface area contributed by atoms with Crippen molar-refractivity contribution in [3.8, 4) is 11.1 Å². The fourth-order valence-electron chi connectivity index (χ4n) is 9.10. The Labute approximate surface area is 291 Å². The third-order valence-electron chi connectivity index (χ3n) is 11.3. The summed E-state index contributed by atoms with van der Waals surface area (Å²) in [6.45, 7) is 1.84. The summed E-state index contributed by atoms with van der Waals surface area (Å²) in [5.41, 5.74) is 6.68. The van der Waals surface area contributed by atoms with E-state index in [1.807, 2.05) is 0 Å². The molecule has 238 valence electrons. The van der Waals surface area contributed by atoms with Gasteiger partial charge in [0.1, 0.15) is 0 Å². The maximum atomic E-state index is 6.11. The quantitative estimate of drug-likeness (QED) is 0.147. The number of hydrogen-bond donors (Lipinski definition) is 2. The third kappa shape index (κ3) is 4.77. The van der Waals surface area contributed by atoms with Crippen molar-refractivity contribution in [2.75, 3.05) is 5.32 Å². The van der Waals surface area contributed by atoms with Crippen LogP contribution in [0.1, 0.15) is 36.8 Å². The molecule has 2 N–H and O–H groups in total. The fourth-order valence-corrected chi connectivity index (χ4v) is 9.36. The SMILES string of the molecule is S=C(Nc1ccc2ccc3cccc4ccc1c2c34)N[C@H]1CCCC[C@@H]1N1Cc2ccc3ccccc3c2-c2c(ccc3ccccc23)C1. The molecule has 2 atom stereocenters. The summed E-state index contributed by atoms with van der Waals surface area (Å²) in [7, 11) is 0. The molecule has 0 unspecified atom stereocenters. The Morgan fingerprint density at radius 1 is 0.531 bits per heavy atom. The maximum absolute atomic E-state index is 6.11. The van der Waals surface area contributed by atoms with Gasteiger partial charge >= 0.3 is 0 Å². The Morgan fingerprint density at radius 3 is 1.78 bits per heavy atom. The van der Waals surface area contributed by atoms with E-state index in [-0.39, 0.29) is 6.04 Å². The number of thiocarbonyl (C=S) groups is 1. The van der Waals surface area contributed by atoms with Crippen LogP contribution in [0.2, 0.25) is 0 Å². The Morgan fingerprint density at radius 2 is 1.08 bits per heavy atom. The minimum Gasteiger partial charge on any atom is -0.358 e. The highest BCUT2D eigenvalue weighted by atomic mass is 32.1. The minimum atomic E-state index is 0.263. The molecule has 0 radical (unpaired) electrons. The molecule has 3 nitrogen and oxygen atoms in total. The van der Waals surface area contributed by atoms with Gasteiger partial charge in [0.05, 0.1) is 0 Å². The monoisotopic (exact) mass is 651 g/mol. The van der Waals surface area contributed by atoms with Crippen LogP contribution < -0.4 is 10.6 Å². The second kappa shape index (κ2) is 11.5. The van der Waals surface area contributed by atoms with Gasteiger partial charge in [-0.2, -0.15) is 0 Å². The molecule has 0 amide bonds. The van der Waals surface area contributed by atoms with E-state index in [2.05, 4.69) is 143 Å². The normalized spacial score (nSPS) is 18.1. The molecule has 10 rings (SSSR count). The topological polar surface area (TPSA) is 27.3 Å². The number of rotatable bonds is 3. The van der Waals surface area contributed by atoms with Crippen molar-refractivity contribution in [3.05, 3.63) is 139 Å². The van der Waals surface area contributed by atoms with Crippen LogP contribution >= 0.6 is 12.2 Å². The average molecular weight is 652 g/mol. The number of hydrogen-bond acceptors (Lipinski definition) is 2. The second-order valence-electron chi connectivity index (χ2n) is 14.1. The van der Waals surface area contributed by atoms with Crippen molar-refractivity contribution in [1.29, 1.82) is 0 Å². The molecule has 49 heavy (non-hydrogen) atoms. The standard InChI is InChI=1S/C45H37N3S/c49-45(46-38-25-23-32-19-18-30-10-7-11-31-22-24-37(38)42(32)41(30)31)47-39-14-5-6-15-40(39)48-26-33-20-16-28-8-1-3-12-35(28)43(33)44-34(27-48)21-17-29-9-2-4-13-36(29)44/h1-4,7-13,16-25,39-40H,5-6,14-15,26-27H2,(H2,46,47,49)/t39-,40-/m0/s1. The van der Waals surface area contributed by atoms with E-state index in [0.717, 1.165) is 31.6 Å². The van der Waals surface area contributed by atoms with Crippen molar-refractivity contribution >= 4 is 76.9 Å². The molecule has 0 saturated heterocycles. The Kier molecular flexibility index (Phi) is 6.82. The lowest BCUT2D eigenvalue weighted by molar-refractivity contribution is 0.116. The molecule has 8 aromatic carbocycles. The molecule has 0 aromatic heterocycles. The molecular weight excluding hydrogens is 615 g/mol. The van der Waals surface area contributed by atoms with Crippen LogP contribution in [-0.4, -0.2) is 22.1 Å². The van der Waals surface area contributed by atoms with E-state index < -0.39 is 0 Å². The molecule has 0 bridgehead atoms. The lowest BCUT2D eigenvalue weighted by atomic mass is 9.88. The minimum absolute atomic E-state index is 0.263. The molecule has 1 aliphatic carbocycles. The van der Waals surface area contributed by atoms with E-state index in [0.29, 0.717) is 11.2 Å². The van der Waals surface area contributed by atoms with E-state index in [9.17, 15) is 0 Å². The Bertz CT molecular complexity index is 2470. The van der Waals surface area contributed by atoms with Gasteiger partial charge in [-0.25, -0.2) is 0 Å². The molecule has 4 heteroatoms. The summed E-state index contributed by atoms with van der Waals surface area (Å²) in [5.74, 6) is 0. The first-order chi connectivity index (χ1) is 24.2. The van der Waals surface area contributed by atoms with E-state index >= 15 is 0 Å². The summed E-state index contributed by atoms with van der Waals surface area (Å²) in [4.78, 5) is 2.74. The van der Waals surface area contributed by atoms with Crippen LogP contribution in [-0.2, 0) is 13.1 Å². The van der Waals surface area contributed by atoms with Crippen LogP contribution in [0.5, 0.6) is 0 Å². The number of nitrogens with zero attached hydrogens (tertiary/aromatic N) is 1. The van der Waals surface area contributed by atoms with Crippen molar-refractivity contribution in [1.82, 2.24) is 10.2 Å². The maximum Gasteiger partial charge on any atom is 0.171 e. The molecule has 8 aromatic rings. The summed E-state index contributed by atoms with van der Waals surface area (Å²) >= 11 is 6.11. The van der Waals surface area contributed by atoms with Gasteiger partial charge < -0.3 is 10.6 Å².